The van der Waals surface area contributed by atoms with Gasteiger partial charge in [-0.2, -0.15) is 5.10 Å². The van der Waals surface area contributed by atoms with Gasteiger partial charge in [0.15, 0.2) is 9.84 Å². The lowest BCUT2D eigenvalue weighted by Gasteiger charge is -2.10. The maximum Gasteiger partial charge on any atom is 0.275 e. The maximum atomic E-state index is 12.3. The van der Waals surface area contributed by atoms with Gasteiger partial charge in [-0.05, 0) is 18.4 Å². The highest BCUT2D eigenvalue weighted by atomic mass is 32.2. The van der Waals surface area contributed by atoms with E-state index in [1.54, 1.807) is 24.4 Å². The van der Waals surface area contributed by atoms with Gasteiger partial charge in [-0.1, -0.05) is 18.2 Å². The van der Waals surface area contributed by atoms with Crippen LogP contribution in [0.1, 0.15) is 6.42 Å². The minimum Gasteiger partial charge on any atom is -0.354 e. The zero-order chi connectivity index (χ0) is 16.4. The summed E-state index contributed by atoms with van der Waals surface area (Å²) in [6, 6.07) is 7.05. The second-order valence-corrected chi connectivity index (χ2v) is 8.00. The lowest BCUT2D eigenvalue weighted by atomic mass is 10.1. The van der Waals surface area contributed by atoms with E-state index in [1.165, 1.54) is 0 Å². The Balaban J connectivity index is 1.64. The summed E-state index contributed by atoms with van der Waals surface area (Å²) in [4.78, 5) is 24.2. The number of carbonyl (C=O) groups is 1. The molecule has 1 atom stereocenters. The molecule has 23 heavy (non-hydrogen) atoms. The van der Waals surface area contributed by atoms with E-state index in [1.807, 2.05) is 6.07 Å². The molecule has 1 saturated heterocycles. The van der Waals surface area contributed by atoms with E-state index < -0.39 is 9.84 Å². The number of nitrogens with zero attached hydrogens (tertiary/aromatic N) is 2. The minimum atomic E-state index is -2.95. The van der Waals surface area contributed by atoms with Crippen molar-refractivity contribution in [3.8, 4) is 0 Å². The predicted molar refractivity (Wildman–Crippen MR) is 85.8 cm³/mol. The summed E-state index contributed by atoms with van der Waals surface area (Å²) in [5.74, 6) is -0.106. The Morgan fingerprint density at radius 1 is 1.35 bits per heavy atom. The molecule has 1 N–H and O–H groups in total. The molecule has 0 spiro atoms. The first-order chi connectivity index (χ1) is 10.9. The molecule has 2 heterocycles. The fourth-order valence-corrected chi connectivity index (χ4v) is 4.59. The summed E-state index contributed by atoms with van der Waals surface area (Å²) >= 11 is 0. The van der Waals surface area contributed by atoms with E-state index in [-0.39, 0.29) is 35.4 Å². The predicted octanol–water partition coefficient (Wildman–Crippen LogP) is -0.0526. The normalized spacial score (nSPS) is 19.7. The van der Waals surface area contributed by atoms with Crippen LogP contribution in [0, 0.1) is 5.92 Å². The van der Waals surface area contributed by atoms with Gasteiger partial charge in [-0.3, -0.25) is 9.59 Å². The van der Waals surface area contributed by atoms with Crippen molar-refractivity contribution in [2.24, 2.45) is 5.92 Å². The number of fused-ring (bicyclic) bond motifs is 1. The van der Waals surface area contributed by atoms with Gasteiger partial charge in [0.2, 0.25) is 5.91 Å². The standard InChI is InChI=1S/C15H17N3O4S/c19-14(16-7-11-5-6-23(21,22)10-11)9-18-15(20)13-4-2-1-3-12(13)8-17-18/h1-4,8,11H,5-7,9-10H2,(H,16,19)/t11-/m1/s1. The van der Waals surface area contributed by atoms with Crippen molar-refractivity contribution in [3.05, 3.63) is 40.8 Å². The average Bonchev–Trinajstić information content (AvgIpc) is 2.88. The van der Waals surface area contributed by atoms with Crippen LogP contribution in [0.2, 0.25) is 0 Å². The maximum absolute atomic E-state index is 12.3. The number of hydrogen-bond acceptors (Lipinski definition) is 5. The monoisotopic (exact) mass is 335 g/mol. The van der Waals surface area contributed by atoms with Crippen molar-refractivity contribution in [2.75, 3.05) is 18.1 Å². The van der Waals surface area contributed by atoms with Crippen LogP contribution in [0.4, 0.5) is 0 Å². The molecule has 0 aliphatic carbocycles. The largest absolute Gasteiger partial charge is 0.354 e. The molecule has 1 aliphatic rings. The first-order valence-corrected chi connectivity index (χ1v) is 9.19. The van der Waals surface area contributed by atoms with Crippen LogP contribution in [-0.4, -0.2) is 42.2 Å². The van der Waals surface area contributed by atoms with Crippen molar-refractivity contribution < 1.29 is 13.2 Å². The third-order valence-corrected chi connectivity index (χ3v) is 5.81. The molecule has 8 heteroatoms. The number of carbonyl (C=O) groups excluding carboxylic acids is 1. The Bertz CT molecular complexity index is 904. The molecule has 0 saturated carbocycles. The topological polar surface area (TPSA) is 98.1 Å². The van der Waals surface area contributed by atoms with Crippen molar-refractivity contribution in [2.45, 2.75) is 13.0 Å². The van der Waals surface area contributed by atoms with Crippen LogP contribution in [0.5, 0.6) is 0 Å². The lowest BCUT2D eigenvalue weighted by Crippen LogP contribution is -2.36. The summed E-state index contributed by atoms with van der Waals surface area (Å²) < 4.78 is 23.9. The molecule has 122 valence electrons. The molecule has 0 unspecified atom stereocenters. The number of aromatic nitrogens is 2. The third-order valence-electron chi connectivity index (χ3n) is 3.97. The number of amides is 1. The molecule has 1 amide bonds. The molecule has 2 aromatic rings. The van der Waals surface area contributed by atoms with Gasteiger partial charge in [-0.15, -0.1) is 0 Å². The molecule has 1 fully saturated rings. The molecular formula is C15H17N3O4S. The fraction of sp³-hybridized carbons (Fsp3) is 0.400. The summed E-state index contributed by atoms with van der Waals surface area (Å²) in [6.45, 7) is 0.129. The van der Waals surface area contributed by atoms with Crippen LogP contribution < -0.4 is 10.9 Å². The van der Waals surface area contributed by atoms with E-state index in [2.05, 4.69) is 10.4 Å². The highest BCUT2D eigenvalue weighted by molar-refractivity contribution is 7.91. The summed E-state index contributed by atoms with van der Waals surface area (Å²) in [5.41, 5.74) is -0.318. The number of hydrogen-bond donors (Lipinski definition) is 1. The van der Waals surface area contributed by atoms with Crippen LogP contribution >= 0.6 is 0 Å². The van der Waals surface area contributed by atoms with E-state index in [4.69, 9.17) is 0 Å². The lowest BCUT2D eigenvalue weighted by molar-refractivity contribution is -0.122. The molecule has 1 aromatic carbocycles. The molecule has 3 rings (SSSR count). The number of benzene rings is 1. The van der Waals surface area contributed by atoms with Gasteiger partial charge in [0.05, 0.1) is 23.1 Å². The van der Waals surface area contributed by atoms with Crippen molar-refractivity contribution in [1.29, 1.82) is 0 Å². The van der Waals surface area contributed by atoms with E-state index in [0.29, 0.717) is 18.4 Å². The molecular weight excluding hydrogens is 318 g/mol. The quantitative estimate of drug-likeness (QED) is 0.844. The first-order valence-electron chi connectivity index (χ1n) is 7.36. The Hall–Kier alpha value is -2.22. The van der Waals surface area contributed by atoms with Gasteiger partial charge < -0.3 is 5.32 Å². The molecule has 7 nitrogen and oxygen atoms in total. The van der Waals surface area contributed by atoms with E-state index in [0.717, 1.165) is 10.1 Å². The molecule has 1 aliphatic heterocycles. The van der Waals surface area contributed by atoms with Gasteiger partial charge >= 0.3 is 0 Å². The van der Waals surface area contributed by atoms with E-state index in [9.17, 15) is 18.0 Å². The van der Waals surface area contributed by atoms with Crippen molar-refractivity contribution in [1.82, 2.24) is 15.1 Å². The molecule has 1 aromatic heterocycles. The zero-order valence-electron chi connectivity index (χ0n) is 12.4. The van der Waals surface area contributed by atoms with Crippen LogP contribution in [0.15, 0.2) is 35.3 Å². The molecule has 0 bridgehead atoms. The van der Waals surface area contributed by atoms with Crippen LogP contribution in [-0.2, 0) is 21.2 Å². The molecule has 0 radical (unpaired) electrons. The summed E-state index contributed by atoms with van der Waals surface area (Å²) in [5, 5.41) is 7.92. The van der Waals surface area contributed by atoms with Gasteiger partial charge in [0, 0.05) is 11.9 Å². The van der Waals surface area contributed by atoms with Crippen LogP contribution in [0.3, 0.4) is 0 Å². The highest BCUT2D eigenvalue weighted by Crippen LogP contribution is 2.17. The highest BCUT2D eigenvalue weighted by Gasteiger charge is 2.27. The van der Waals surface area contributed by atoms with E-state index >= 15 is 0 Å². The SMILES string of the molecule is O=C(Cn1ncc2ccccc2c1=O)NC[C@H]1CCS(=O)(=O)C1. The third kappa shape index (κ3) is 3.58. The van der Waals surface area contributed by atoms with Crippen molar-refractivity contribution >= 4 is 26.5 Å². The van der Waals surface area contributed by atoms with Gasteiger partial charge in [0.1, 0.15) is 6.54 Å². The minimum absolute atomic E-state index is 0.0507. The Labute approximate surface area is 133 Å². The summed E-state index contributed by atoms with van der Waals surface area (Å²) in [7, 11) is -2.95. The summed E-state index contributed by atoms with van der Waals surface area (Å²) in [6.07, 6.45) is 2.12. The second-order valence-electron chi connectivity index (χ2n) is 5.77. The number of rotatable bonds is 4. The van der Waals surface area contributed by atoms with Gasteiger partial charge in [0.25, 0.3) is 5.56 Å². The average molecular weight is 335 g/mol. The first kappa shape index (κ1) is 15.7. The Morgan fingerprint density at radius 2 is 2.13 bits per heavy atom. The number of nitrogens with one attached hydrogen (secondary N) is 1. The fourth-order valence-electron chi connectivity index (χ4n) is 2.72. The number of sulfone groups is 1. The Kier molecular flexibility index (Phi) is 4.16. The Morgan fingerprint density at radius 3 is 2.87 bits per heavy atom. The zero-order valence-corrected chi connectivity index (χ0v) is 13.3. The van der Waals surface area contributed by atoms with Gasteiger partial charge in [-0.25, -0.2) is 13.1 Å². The smallest absolute Gasteiger partial charge is 0.275 e. The van der Waals surface area contributed by atoms with Crippen molar-refractivity contribution in [3.63, 3.8) is 0 Å². The second kappa shape index (κ2) is 6.11. The van der Waals surface area contributed by atoms with Crippen LogP contribution in [0.25, 0.3) is 10.8 Å².